The molecule has 1 saturated heterocycles. The number of likely N-dealkylation sites (tertiary alicyclic amines) is 1. The fraction of sp³-hybridized carbons (Fsp3) is 0.556. The first-order valence-corrected chi connectivity index (χ1v) is 11.9. The lowest BCUT2D eigenvalue weighted by Crippen LogP contribution is -2.46. The molecule has 1 aliphatic rings. The summed E-state index contributed by atoms with van der Waals surface area (Å²) < 4.78 is 5.73. The largest absolute Gasteiger partial charge is 0.491 e. The van der Waals surface area contributed by atoms with E-state index in [1.165, 1.54) is 11.3 Å². The van der Waals surface area contributed by atoms with Crippen LogP contribution in [0.15, 0.2) is 48.5 Å². The monoisotopic (exact) mass is 439 g/mol. The average Bonchev–Trinajstić information content (AvgIpc) is 2.77. The summed E-state index contributed by atoms with van der Waals surface area (Å²) >= 11 is 0. The summed E-state index contributed by atoms with van der Waals surface area (Å²) in [6, 6.07) is 17.1. The molecule has 176 valence electrons. The Balaban J connectivity index is 1.40. The van der Waals surface area contributed by atoms with Crippen molar-refractivity contribution in [3.63, 3.8) is 0 Å². The van der Waals surface area contributed by atoms with Crippen LogP contribution in [0.4, 0.5) is 11.4 Å². The van der Waals surface area contributed by atoms with Gasteiger partial charge in [-0.25, -0.2) is 0 Å². The summed E-state index contributed by atoms with van der Waals surface area (Å²) in [7, 11) is 6.23. The molecule has 5 nitrogen and oxygen atoms in total. The van der Waals surface area contributed by atoms with Crippen LogP contribution in [-0.2, 0) is 6.42 Å². The maximum Gasteiger partial charge on any atom is 0.119 e. The summed E-state index contributed by atoms with van der Waals surface area (Å²) in [4.78, 5) is 6.84. The summed E-state index contributed by atoms with van der Waals surface area (Å²) in [5, 5.41) is 11.1. The van der Waals surface area contributed by atoms with Crippen molar-refractivity contribution in [3.05, 3.63) is 54.1 Å². The van der Waals surface area contributed by atoms with Gasteiger partial charge >= 0.3 is 0 Å². The molecule has 2 aromatic carbocycles. The van der Waals surface area contributed by atoms with Gasteiger partial charge in [0.1, 0.15) is 5.75 Å². The van der Waals surface area contributed by atoms with Crippen LogP contribution in [0.5, 0.6) is 5.75 Å². The number of hydrogen-bond acceptors (Lipinski definition) is 5. The van der Waals surface area contributed by atoms with Crippen LogP contribution >= 0.6 is 0 Å². The van der Waals surface area contributed by atoms with Gasteiger partial charge < -0.3 is 24.5 Å². The number of anilines is 2. The number of aliphatic hydroxyl groups is 1. The summed E-state index contributed by atoms with van der Waals surface area (Å²) in [5.74, 6) is 0.900. The first-order chi connectivity index (χ1) is 15.2. The Morgan fingerprint density at radius 2 is 1.53 bits per heavy atom. The maximum absolute atomic E-state index is 11.1. The number of ether oxygens (including phenoxy) is 1. The van der Waals surface area contributed by atoms with Crippen molar-refractivity contribution in [2.24, 2.45) is 0 Å². The predicted molar refractivity (Wildman–Crippen MR) is 135 cm³/mol. The van der Waals surface area contributed by atoms with Gasteiger partial charge in [-0.3, -0.25) is 0 Å². The highest BCUT2D eigenvalue weighted by atomic mass is 16.5. The Bertz CT molecular complexity index is 810. The van der Waals surface area contributed by atoms with E-state index in [1.54, 1.807) is 0 Å². The highest BCUT2D eigenvalue weighted by molar-refractivity contribution is 5.48. The highest BCUT2D eigenvalue weighted by Crippen LogP contribution is 2.27. The van der Waals surface area contributed by atoms with E-state index in [0.717, 1.165) is 63.3 Å². The van der Waals surface area contributed by atoms with Crippen LogP contribution < -0.4 is 14.5 Å². The van der Waals surface area contributed by atoms with Crippen LogP contribution in [0.1, 0.15) is 38.7 Å². The SMILES string of the molecule is CC(C)Oc1ccc(N(C)CCC2(O)CCN(CCc3ccc(N(C)C)cc3)CC2)cc1. The van der Waals surface area contributed by atoms with Gasteiger partial charge in [0.2, 0.25) is 0 Å². The first kappa shape index (κ1) is 24.4. The van der Waals surface area contributed by atoms with Crippen molar-refractivity contribution < 1.29 is 9.84 Å². The number of hydrogen-bond donors (Lipinski definition) is 1. The van der Waals surface area contributed by atoms with Crippen molar-refractivity contribution in [1.29, 1.82) is 0 Å². The molecule has 0 atom stereocenters. The normalized spacial score (nSPS) is 16.2. The van der Waals surface area contributed by atoms with E-state index in [2.05, 4.69) is 72.2 Å². The maximum atomic E-state index is 11.1. The number of piperidine rings is 1. The zero-order valence-electron chi connectivity index (χ0n) is 20.6. The molecule has 32 heavy (non-hydrogen) atoms. The Morgan fingerprint density at radius 1 is 0.938 bits per heavy atom. The molecule has 0 radical (unpaired) electrons. The number of nitrogens with zero attached hydrogens (tertiary/aromatic N) is 3. The Hall–Kier alpha value is -2.24. The third kappa shape index (κ3) is 7.14. The van der Waals surface area contributed by atoms with Crippen LogP contribution in [0.3, 0.4) is 0 Å². The zero-order chi connectivity index (χ0) is 23.1. The standard InChI is InChI=1S/C27H41N3O2/c1-22(2)32-26-12-10-25(11-13-26)29(5)19-15-27(31)16-20-30(21-17-27)18-14-23-6-8-24(9-7-23)28(3)4/h6-13,22,31H,14-21H2,1-5H3. The summed E-state index contributed by atoms with van der Waals surface area (Å²) in [5.41, 5.74) is 3.21. The van der Waals surface area contributed by atoms with Crippen molar-refractivity contribution in [1.82, 2.24) is 4.90 Å². The van der Waals surface area contributed by atoms with Gasteiger partial charge in [-0.1, -0.05) is 12.1 Å². The van der Waals surface area contributed by atoms with Gasteiger partial charge in [-0.2, -0.15) is 0 Å². The van der Waals surface area contributed by atoms with Gasteiger partial charge in [-0.15, -0.1) is 0 Å². The van der Waals surface area contributed by atoms with E-state index in [0.29, 0.717) is 0 Å². The van der Waals surface area contributed by atoms with Crippen LogP contribution in [0, 0.1) is 0 Å². The van der Waals surface area contributed by atoms with Gasteiger partial charge in [0.25, 0.3) is 0 Å². The second-order valence-electron chi connectivity index (χ2n) is 9.71. The van der Waals surface area contributed by atoms with Crippen molar-refractivity contribution in [2.45, 2.75) is 51.2 Å². The molecule has 1 fully saturated rings. The lowest BCUT2D eigenvalue weighted by atomic mass is 9.88. The number of benzene rings is 2. The summed E-state index contributed by atoms with van der Waals surface area (Å²) in [6.45, 7) is 7.92. The van der Waals surface area contributed by atoms with E-state index in [4.69, 9.17) is 4.74 Å². The molecular formula is C27H41N3O2. The fourth-order valence-corrected chi connectivity index (χ4v) is 4.25. The van der Waals surface area contributed by atoms with Crippen LogP contribution in [0.25, 0.3) is 0 Å². The van der Waals surface area contributed by atoms with Gasteiger partial charge in [0.15, 0.2) is 0 Å². The molecule has 3 rings (SSSR count). The Labute approximate surface area is 194 Å². The lowest BCUT2D eigenvalue weighted by Gasteiger charge is -2.39. The van der Waals surface area contributed by atoms with Gasteiger partial charge in [0.05, 0.1) is 11.7 Å². The second-order valence-corrected chi connectivity index (χ2v) is 9.71. The van der Waals surface area contributed by atoms with Gasteiger partial charge in [0, 0.05) is 58.7 Å². The summed E-state index contributed by atoms with van der Waals surface area (Å²) in [6.07, 6.45) is 3.74. The lowest BCUT2D eigenvalue weighted by molar-refractivity contribution is -0.0254. The first-order valence-electron chi connectivity index (χ1n) is 11.9. The molecule has 0 amide bonds. The molecular weight excluding hydrogens is 398 g/mol. The minimum atomic E-state index is -0.557. The third-order valence-electron chi connectivity index (χ3n) is 6.52. The average molecular weight is 440 g/mol. The van der Waals surface area contributed by atoms with Crippen LogP contribution in [-0.4, -0.2) is 69.0 Å². The minimum Gasteiger partial charge on any atom is -0.491 e. The van der Waals surface area contributed by atoms with Crippen molar-refractivity contribution >= 4 is 11.4 Å². The molecule has 0 saturated carbocycles. The second kappa shape index (κ2) is 11.1. The minimum absolute atomic E-state index is 0.183. The molecule has 1 N–H and O–H groups in total. The quantitative estimate of drug-likeness (QED) is 0.593. The Kier molecular flexibility index (Phi) is 8.44. The number of rotatable bonds is 10. The molecule has 0 aliphatic carbocycles. The van der Waals surface area contributed by atoms with Crippen LogP contribution in [0.2, 0.25) is 0 Å². The Morgan fingerprint density at radius 3 is 2.09 bits per heavy atom. The molecule has 0 spiro atoms. The molecule has 0 aromatic heterocycles. The van der Waals surface area contributed by atoms with E-state index >= 15 is 0 Å². The van der Waals surface area contributed by atoms with E-state index in [1.807, 2.05) is 26.0 Å². The topological polar surface area (TPSA) is 39.2 Å². The van der Waals surface area contributed by atoms with E-state index in [-0.39, 0.29) is 6.10 Å². The fourth-order valence-electron chi connectivity index (χ4n) is 4.25. The molecule has 0 bridgehead atoms. The molecule has 1 aliphatic heterocycles. The van der Waals surface area contributed by atoms with Gasteiger partial charge in [-0.05, 0) is 81.5 Å². The highest BCUT2D eigenvalue weighted by Gasteiger charge is 2.32. The van der Waals surface area contributed by atoms with E-state index < -0.39 is 5.60 Å². The third-order valence-corrected chi connectivity index (χ3v) is 6.52. The predicted octanol–water partition coefficient (Wildman–Crippen LogP) is 4.44. The van der Waals surface area contributed by atoms with Crippen molar-refractivity contribution in [2.75, 3.05) is 57.1 Å². The molecule has 0 unspecified atom stereocenters. The zero-order valence-corrected chi connectivity index (χ0v) is 20.6. The van der Waals surface area contributed by atoms with Crippen molar-refractivity contribution in [3.8, 4) is 5.75 Å². The molecule has 1 heterocycles. The molecule has 5 heteroatoms. The van der Waals surface area contributed by atoms with E-state index in [9.17, 15) is 5.11 Å². The smallest absolute Gasteiger partial charge is 0.119 e. The molecule has 2 aromatic rings.